The largest absolute Gasteiger partial charge is 0.497 e. The Morgan fingerprint density at radius 2 is 1.89 bits per heavy atom. The van der Waals surface area contributed by atoms with E-state index in [1.807, 2.05) is 13.0 Å². The van der Waals surface area contributed by atoms with Gasteiger partial charge in [-0.25, -0.2) is 4.79 Å². The molecule has 2 aromatic rings. The first-order valence-electron chi connectivity index (χ1n) is 9.32. The molecule has 28 heavy (non-hydrogen) atoms. The van der Waals surface area contributed by atoms with Crippen LogP contribution in [0.3, 0.4) is 0 Å². The van der Waals surface area contributed by atoms with Crippen molar-refractivity contribution in [2.75, 3.05) is 37.5 Å². The molecule has 0 saturated carbocycles. The number of carbonyl (C=O) groups is 1. The molecule has 0 atom stereocenters. The van der Waals surface area contributed by atoms with Gasteiger partial charge in [0.1, 0.15) is 5.75 Å². The van der Waals surface area contributed by atoms with Crippen molar-refractivity contribution in [1.82, 2.24) is 20.3 Å². The normalized spacial score (nSPS) is 13.8. The van der Waals surface area contributed by atoms with Crippen LogP contribution in [-0.2, 0) is 6.54 Å². The number of hydrogen-bond donors (Lipinski definition) is 2. The molecule has 9 heteroatoms. The molecular formula is C19H26N6O3. The van der Waals surface area contributed by atoms with Gasteiger partial charge in [-0.3, -0.25) is 0 Å². The van der Waals surface area contributed by atoms with Gasteiger partial charge in [-0.1, -0.05) is 0 Å². The third-order valence-electron chi connectivity index (χ3n) is 4.56. The van der Waals surface area contributed by atoms with Crippen LogP contribution in [0.25, 0.3) is 0 Å². The van der Waals surface area contributed by atoms with Gasteiger partial charge in [-0.05, 0) is 49.9 Å². The van der Waals surface area contributed by atoms with Crippen molar-refractivity contribution in [2.24, 2.45) is 0 Å². The Morgan fingerprint density at radius 1 is 1.11 bits per heavy atom. The van der Waals surface area contributed by atoms with Crippen LogP contribution in [0.2, 0.25) is 0 Å². The van der Waals surface area contributed by atoms with Crippen molar-refractivity contribution in [1.29, 1.82) is 0 Å². The summed E-state index contributed by atoms with van der Waals surface area (Å²) in [6.45, 7) is 3.90. The maximum absolute atomic E-state index is 12.3. The van der Waals surface area contributed by atoms with Crippen LogP contribution in [-0.4, -0.2) is 48.3 Å². The standard InChI is InChI=1S/C19H26N6O3/c1-13-11-14(27-2)7-8-15(13)21-18(26)20-12-16-22-17(24-19(23-16)28-3)25-9-5-4-6-10-25/h7-8,11H,4-6,9-10,12H2,1-3H3,(H2,20,21,26). The van der Waals surface area contributed by atoms with Crippen LogP contribution in [0.1, 0.15) is 30.7 Å². The van der Waals surface area contributed by atoms with E-state index in [-0.39, 0.29) is 18.6 Å². The van der Waals surface area contributed by atoms with Gasteiger partial charge in [-0.2, -0.15) is 15.0 Å². The number of ether oxygens (including phenoxy) is 2. The Kier molecular flexibility index (Phi) is 6.46. The highest BCUT2D eigenvalue weighted by molar-refractivity contribution is 5.90. The molecule has 150 valence electrons. The lowest BCUT2D eigenvalue weighted by Gasteiger charge is -2.26. The highest BCUT2D eigenvalue weighted by atomic mass is 16.5. The molecular weight excluding hydrogens is 360 g/mol. The number of nitrogens with zero attached hydrogens (tertiary/aromatic N) is 4. The Balaban J connectivity index is 1.63. The van der Waals surface area contributed by atoms with Gasteiger partial charge < -0.3 is 25.0 Å². The molecule has 1 saturated heterocycles. The van der Waals surface area contributed by atoms with Crippen LogP contribution >= 0.6 is 0 Å². The van der Waals surface area contributed by atoms with E-state index >= 15 is 0 Å². The fourth-order valence-electron chi connectivity index (χ4n) is 3.02. The van der Waals surface area contributed by atoms with Gasteiger partial charge in [0.2, 0.25) is 5.95 Å². The number of amides is 2. The quantitative estimate of drug-likeness (QED) is 0.786. The van der Waals surface area contributed by atoms with E-state index in [1.54, 1.807) is 19.2 Å². The number of benzene rings is 1. The van der Waals surface area contributed by atoms with E-state index in [9.17, 15) is 4.79 Å². The van der Waals surface area contributed by atoms with Crippen LogP contribution in [0.5, 0.6) is 11.8 Å². The molecule has 0 spiro atoms. The second kappa shape index (κ2) is 9.20. The lowest BCUT2D eigenvalue weighted by Crippen LogP contribution is -2.32. The van der Waals surface area contributed by atoms with Crippen LogP contribution in [0.15, 0.2) is 18.2 Å². The maximum atomic E-state index is 12.3. The molecule has 0 bridgehead atoms. The third kappa shape index (κ3) is 4.99. The Hall–Kier alpha value is -3.10. The van der Waals surface area contributed by atoms with Gasteiger partial charge in [0.25, 0.3) is 0 Å². The van der Waals surface area contributed by atoms with Gasteiger partial charge in [0.15, 0.2) is 5.82 Å². The maximum Gasteiger partial charge on any atom is 0.321 e. The summed E-state index contributed by atoms with van der Waals surface area (Å²) in [5.74, 6) is 1.79. The predicted molar refractivity (Wildman–Crippen MR) is 106 cm³/mol. The van der Waals surface area contributed by atoms with Crippen LogP contribution in [0.4, 0.5) is 16.4 Å². The highest BCUT2D eigenvalue weighted by Crippen LogP contribution is 2.21. The SMILES string of the molecule is COc1ccc(NC(=O)NCc2nc(OC)nc(N3CCCCC3)n2)c(C)c1. The molecule has 0 unspecified atom stereocenters. The van der Waals surface area contributed by atoms with E-state index in [4.69, 9.17) is 9.47 Å². The zero-order valence-corrected chi connectivity index (χ0v) is 16.5. The van der Waals surface area contributed by atoms with Crippen molar-refractivity contribution in [3.8, 4) is 11.8 Å². The highest BCUT2D eigenvalue weighted by Gasteiger charge is 2.17. The molecule has 1 aromatic carbocycles. The van der Waals surface area contributed by atoms with Gasteiger partial charge >= 0.3 is 12.0 Å². The fourth-order valence-corrected chi connectivity index (χ4v) is 3.02. The number of aryl methyl sites for hydroxylation is 1. The molecule has 0 aliphatic carbocycles. The molecule has 1 aliphatic heterocycles. The van der Waals surface area contributed by atoms with E-state index in [2.05, 4.69) is 30.5 Å². The average Bonchev–Trinajstić information content (AvgIpc) is 2.74. The summed E-state index contributed by atoms with van der Waals surface area (Å²) >= 11 is 0. The zero-order chi connectivity index (χ0) is 19.9. The minimum atomic E-state index is -0.341. The number of hydrogen-bond acceptors (Lipinski definition) is 7. The third-order valence-corrected chi connectivity index (χ3v) is 4.56. The van der Waals surface area contributed by atoms with Gasteiger partial charge in [-0.15, -0.1) is 0 Å². The van der Waals surface area contributed by atoms with Crippen molar-refractivity contribution in [2.45, 2.75) is 32.7 Å². The summed E-state index contributed by atoms with van der Waals surface area (Å²) in [4.78, 5) is 27.5. The molecule has 9 nitrogen and oxygen atoms in total. The van der Waals surface area contributed by atoms with Crippen molar-refractivity contribution >= 4 is 17.7 Å². The van der Waals surface area contributed by atoms with Crippen molar-refractivity contribution in [3.63, 3.8) is 0 Å². The molecule has 1 aromatic heterocycles. The average molecular weight is 386 g/mol. The van der Waals surface area contributed by atoms with E-state index in [0.717, 1.165) is 37.2 Å². The topological polar surface area (TPSA) is 102 Å². The second-order valence-corrected chi connectivity index (χ2v) is 6.57. The molecule has 2 heterocycles. The number of nitrogens with one attached hydrogen (secondary N) is 2. The molecule has 3 rings (SSSR count). The summed E-state index contributed by atoms with van der Waals surface area (Å²) in [7, 11) is 3.13. The first-order chi connectivity index (χ1) is 13.6. The summed E-state index contributed by atoms with van der Waals surface area (Å²) in [6, 6.07) is 5.36. The van der Waals surface area contributed by atoms with Crippen molar-refractivity contribution < 1.29 is 14.3 Å². The lowest BCUT2D eigenvalue weighted by molar-refractivity contribution is 0.251. The van der Waals surface area contributed by atoms with E-state index < -0.39 is 0 Å². The number of rotatable bonds is 6. The summed E-state index contributed by atoms with van der Waals surface area (Å²) in [5.41, 5.74) is 1.62. The van der Waals surface area contributed by atoms with Gasteiger partial charge in [0, 0.05) is 18.8 Å². The molecule has 1 fully saturated rings. The fraction of sp³-hybridized carbons (Fsp3) is 0.474. The number of carbonyl (C=O) groups excluding carboxylic acids is 1. The number of aromatic nitrogens is 3. The lowest BCUT2D eigenvalue weighted by atomic mass is 10.1. The smallest absolute Gasteiger partial charge is 0.321 e. The minimum Gasteiger partial charge on any atom is -0.497 e. The predicted octanol–water partition coefficient (Wildman–Crippen LogP) is 2.51. The second-order valence-electron chi connectivity index (χ2n) is 6.57. The Bertz CT molecular complexity index is 823. The van der Waals surface area contributed by atoms with Crippen LogP contribution in [0, 0.1) is 6.92 Å². The molecule has 1 aliphatic rings. The monoisotopic (exact) mass is 386 g/mol. The minimum absolute atomic E-state index is 0.167. The molecule has 2 amide bonds. The first kappa shape index (κ1) is 19.7. The van der Waals surface area contributed by atoms with Crippen molar-refractivity contribution in [3.05, 3.63) is 29.6 Å². The molecule has 0 radical (unpaired) electrons. The Labute approximate surface area is 164 Å². The van der Waals surface area contributed by atoms with E-state index in [0.29, 0.717) is 17.5 Å². The first-order valence-corrected chi connectivity index (χ1v) is 9.32. The van der Waals surface area contributed by atoms with E-state index in [1.165, 1.54) is 13.5 Å². The number of piperidine rings is 1. The number of methoxy groups -OCH3 is 2. The Morgan fingerprint density at radius 3 is 2.57 bits per heavy atom. The number of anilines is 2. The van der Waals surface area contributed by atoms with Gasteiger partial charge in [0.05, 0.1) is 20.8 Å². The summed E-state index contributed by atoms with van der Waals surface area (Å²) in [5, 5.41) is 5.60. The number of urea groups is 1. The zero-order valence-electron chi connectivity index (χ0n) is 16.5. The van der Waals surface area contributed by atoms with Crippen LogP contribution < -0.4 is 25.0 Å². The summed E-state index contributed by atoms with van der Waals surface area (Å²) in [6.07, 6.45) is 3.45. The summed E-state index contributed by atoms with van der Waals surface area (Å²) < 4.78 is 10.4. The molecule has 2 N–H and O–H groups in total.